The summed E-state index contributed by atoms with van der Waals surface area (Å²) in [7, 11) is 1.50. The van der Waals surface area contributed by atoms with Crippen LogP contribution in [0.3, 0.4) is 0 Å². The first-order valence-corrected chi connectivity index (χ1v) is 8.08. The average molecular weight is 307 g/mol. The van der Waals surface area contributed by atoms with Crippen LogP contribution < -0.4 is 10.1 Å². The van der Waals surface area contributed by atoms with E-state index in [9.17, 15) is 4.39 Å². The van der Waals surface area contributed by atoms with Crippen molar-refractivity contribution in [1.29, 1.82) is 0 Å². The largest absolute Gasteiger partial charge is 0.494 e. The number of methoxy groups -OCH3 is 1. The van der Waals surface area contributed by atoms with Gasteiger partial charge in [-0.2, -0.15) is 0 Å². The zero-order valence-corrected chi connectivity index (χ0v) is 13.6. The Morgan fingerprint density at radius 2 is 2.10 bits per heavy atom. The Hall–Kier alpha value is -1.39. The Balaban J connectivity index is 2.22. The summed E-state index contributed by atoms with van der Waals surface area (Å²) >= 11 is 1.77. The molecule has 2 aromatic rings. The Labute approximate surface area is 130 Å². The van der Waals surface area contributed by atoms with Gasteiger partial charge in [0.05, 0.1) is 7.11 Å². The lowest BCUT2D eigenvalue weighted by Gasteiger charge is -2.18. The van der Waals surface area contributed by atoms with Crippen LogP contribution in [0.2, 0.25) is 0 Å². The van der Waals surface area contributed by atoms with E-state index in [1.54, 1.807) is 17.4 Å². The van der Waals surface area contributed by atoms with Gasteiger partial charge in [-0.15, -0.1) is 11.3 Å². The van der Waals surface area contributed by atoms with Gasteiger partial charge in [0.2, 0.25) is 0 Å². The maximum atomic E-state index is 14.3. The van der Waals surface area contributed by atoms with Crippen LogP contribution in [0.4, 0.5) is 4.39 Å². The summed E-state index contributed by atoms with van der Waals surface area (Å²) in [5, 5.41) is 3.52. The van der Waals surface area contributed by atoms with Crippen molar-refractivity contribution in [2.45, 2.75) is 32.7 Å². The zero-order chi connectivity index (χ0) is 15.2. The molecule has 21 heavy (non-hydrogen) atoms. The van der Waals surface area contributed by atoms with Crippen molar-refractivity contribution in [2.75, 3.05) is 13.7 Å². The van der Waals surface area contributed by atoms with Gasteiger partial charge in [-0.25, -0.2) is 4.39 Å². The molecule has 0 bridgehead atoms. The molecule has 1 aromatic heterocycles. The molecule has 1 atom stereocenters. The summed E-state index contributed by atoms with van der Waals surface area (Å²) in [5.74, 6) is 0.0562. The van der Waals surface area contributed by atoms with Gasteiger partial charge in [0.25, 0.3) is 0 Å². The Bertz CT molecular complexity index is 582. The monoisotopic (exact) mass is 307 g/mol. The van der Waals surface area contributed by atoms with Crippen molar-refractivity contribution in [1.82, 2.24) is 5.32 Å². The number of ether oxygens (including phenoxy) is 1. The second-order valence-corrected chi connectivity index (χ2v) is 6.41. The molecule has 0 saturated carbocycles. The average Bonchev–Trinajstić information content (AvgIpc) is 2.91. The summed E-state index contributed by atoms with van der Waals surface area (Å²) < 4.78 is 19.4. The van der Waals surface area contributed by atoms with Gasteiger partial charge in [-0.05, 0) is 50.1 Å². The first kappa shape index (κ1) is 16.0. The minimum atomic E-state index is -0.253. The van der Waals surface area contributed by atoms with E-state index in [0.717, 1.165) is 13.0 Å². The number of rotatable bonds is 7. The third-order valence-electron chi connectivity index (χ3n) is 3.43. The fourth-order valence-electron chi connectivity index (χ4n) is 2.32. The fourth-order valence-corrected chi connectivity index (χ4v) is 3.28. The van der Waals surface area contributed by atoms with Gasteiger partial charge >= 0.3 is 0 Å². The minimum Gasteiger partial charge on any atom is -0.494 e. The topological polar surface area (TPSA) is 21.3 Å². The first-order valence-electron chi connectivity index (χ1n) is 7.26. The number of thiophene rings is 1. The van der Waals surface area contributed by atoms with Gasteiger partial charge in [-0.3, -0.25) is 0 Å². The molecule has 0 fully saturated rings. The van der Waals surface area contributed by atoms with Crippen molar-refractivity contribution < 1.29 is 9.13 Å². The molecule has 2 rings (SSSR count). The number of aryl methyl sites for hydroxylation is 1. The fraction of sp³-hybridized carbons (Fsp3) is 0.412. The predicted octanol–water partition coefficient (Wildman–Crippen LogP) is 4.49. The molecule has 1 heterocycles. The lowest BCUT2D eigenvalue weighted by atomic mass is 10.0. The Kier molecular flexibility index (Phi) is 5.76. The quantitative estimate of drug-likeness (QED) is 0.814. The molecule has 1 N–H and O–H groups in total. The summed E-state index contributed by atoms with van der Waals surface area (Å²) in [5.41, 5.74) is 0.689. The molecule has 1 unspecified atom stereocenters. The third kappa shape index (κ3) is 4.05. The van der Waals surface area contributed by atoms with Gasteiger partial charge in [0, 0.05) is 15.8 Å². The number of nitrogens with one attached hydrogen (secondary N) is 1. The van der Waals surface area contributed by atoms with E-state index in [0.29, 0.717) is 17.7 Å². The second kappa shape index (κ2) is 7.57. The van der Waals surface area contributed by atoms with Crippen LogP contribution in [0.25, 0.3) is 0 Å². The molecule has 2 nitrogen and oxygen atoms in total. The maximum absolute atomic E-state index is 14.3. The maximum Gasteiger partial charge on any atom is 0.168 e. The normalized spacial score (nSPS) is 12.4. The van der Waals surface area contributed by atoms with Crippen LogP contribution in [0.15, 0.2) is 30.3 Å². The van der Waals surface area contributed by atoms with Crippen LogP contribution in [-0.2, 0) is 6.42 Å². The third-order valence-corrected chi connectivity index (χ3v) is 4.55. The Morgan fingerprint density at radius 3 is 2.71 bits per heavy atom. The standard InChI is InChI=1S/C17H22FNOS/c1-4-10-19-14(16-9-8-12(2)21-16)11-13-6-5-7-15(20-3)17(13)18/h5-9,14,19H,4,10-11H2,1-3H3. The van der Waals surface area contributed by atoms with E-state index in [4.69, 9.17) is 4.74 Å². The molecular formula is C17H22FNOS. The first-order chi connectivity index (χ1) is 10.2. The summed E-state index contributed by atoms with van der Waals surface area (Å²) in [6, 6.07) is 9.72. The molecule has 0 aliphatic carbocycles. The van der Waals surface area contributed by atoms with Gasteiger partial charge in [0.15, 0.2) is 11.6 Å². The van der Waals surface area contributed by atoms with Crippen LogP contribution >= 0.6 is 11.3 Å². The molecule has 4 heteroatoms. The number of halogens is 1. The summed E-state index contributed by atoms with van der Waals surface area (Å²) in [4.78, 5) is 2.53. The lowest BCUT2D eigenvalue weighted by molar-refractivity contribution is 0.382. The van der Waals surface area contributed by atoms with Crippen molar-refractivity contribution in [2.24, 2.45) is 0 Å². The molecule has 0 radical (unpaired) electrons. The van der Waals surface area contributed by atoms with Gasteiger partial charge in [-0.1, -0.05) is 19.1 Å². The Morgan fingerprint density at radius 1 is 1.29 bits per heavy atom. The highest BCUT2D eigenvalue weighted by molar-refractivity contribution is 7.12. The molecule has 0 amide bonds. The van der Waals surface area contributed by atoms with E-state index in [1.807, 2.05) is 12.1 Å². The van der Waals surface area contributed by atoms with Crippen LogP contribution in [-0.4, -0.2) is 13.7 Å². The highest BCUT2D eigenvalue weighted by Gasteiger charge is 2.17. The number of hydrogen-bond acceptors (Lipinski definition) is 3. The summed E-state index contributed by atoms with van der Waals surface area (Å²) in [6.45, 7) is 5.15. The number of benzene rings is 1. The smallest absolute Gasteiger partial charge is 0.168 e. The van der Waals surface area contributed by atoms with Crippen molar-refractivity contribution in [3.8, 4) is 5.75 Å². The van der Waals surface area contributed by atoms with E-state index in [-0.39, 0.29) is 11.9 Å². The second-order valence-electron chi connectivity index (χ2n) is 5.09. The van der Waals surface area contributed by atoms with Crippen molar-refractivity contribution >= 4 is 11.3 Å². The lowest BCUT2D eigenvalue weighted by Crippen LogP contribution is -2.23. The van der Waals surface area contributed by atoms with Crippen molar-refractivity contribution in [3.05, 3.63) is 51.5 Å². The molecule has 114 valence electrons. The van der Waals surface area contributed by atoms with Gasteiger partial charge in [0.1, 0.15) is 0 Å². The molecule has 1 aromatic carbocycles. The molecule has 0 spiro atoms. The van der Waals surface area contributed by atoms with E-state index in [1.165, 1.54) is 16.9 Å². The van der Waals surface area contributed by atoms with E-state index < -0.39 is 0 Å². The minimum absolute atomic E-state index is 0.144. The molecule has 0 aliphatic heterocycles. The zero-order valence-electron chi connectivity index (χ0n) is 12.8. The molecule has 0 saturated heterocycles. The predicted molar refractivity (Wildman–Crippen MR) is 86.7 cm³/mol. The summed E-state index contributed by atoms with van der Waals surface area (Å²) in [6.07, 6.45) is 1.68. The highest BCUT2D eigenvalue weighted by atomic mass is 32.1. The van der Waals surface area contributed by atoms with E-state index >= 15 is 0 Å². The SMILES string of the molecule is CCCNC(Cc1cccc(OC)c1F)c1ccc(C)s1. The number of hydrogen-bond donors (Lipinski definition) is 1. The molecule has 0 aliphatic rings. The highest BCUT2D eigenvalue weighted by Crippen LogP contribution is 2.28. The van der Waals surface area contributed by atoms with E-state index in [2.05, 4.69) is 31.3 Å². The molecular weight excluding hydrogens is 285 g/mol. The van der Waals surface area contributed by atoms with Crippen LogP contribution in [0, 0.1) is 12.7 Å². The van der Waals surface area contributed by atoms with Crippen molar-refractivity contribution in [3.63, 3.8) is 0 Å². The van der Waals surface area contributed by atoms with Gasteiger partial charge < -0.3 is 10.1 Å². The van der Waals surface area contributed by atoms with Crippen LogP contribution in [0.1, 0.15) is 34.7 Å². The van der Waals surface area contributed by atoms with Crippen LogP contribution in [0.5, 0.6) is 5.75 Å².